The number of ether oxygens (including phenoxy) is 2. The Balaban J connectivity index is 0.00000370. The second-order valence-electron chi connectivity index (χ2n) is 10.7. The molecule has 0 radical (unpaired) electrons. The summed E-state index contributed by atoms with van der Waals surface area (Å²) in [5.74, 6) is 0.685. The third-order valence-corrected chi connectivity index (χ3v) is 8.30. The quantitative estimate of drug-likeness (QED) is 0.446. The second kappa shape index (κ2) is 13.5. The molecular weight excluding hydrogens is 532 g/mol. The standard InChI is InChI=1S/C30H38N4O5.ClH/c1-38-25-9-7-22(8-10-25)21-34-28(36)30(32-29(34)37)14-17-33(18-15-30)16-11-26(23-5-3-2-4-6-23)31-27(35)24-12-19-39-20-13-24;/h2-10,24,26H,11-21H2,1H3,(H,31,35)(H,32,37);1H/t26-;/m0./s1. The first-order valence-electron chi connectivity index (χ1n) is 13.9. The van der Waals surface area contributed by atoms with Gasteiger partial charge in [0.1, 0.15) is 11.3 Å². The van der Waals surface area contributed by atoms with Crippen molar-refractivity contribution in [1.82, 2.24) is 20.4 Å². The van der Waals surface area contributed by atoms with Gasteiger partial charge in [-0.15, -0.1) is 12.4 Å². The van der Waals surface area contributed by atoms with Crippen molar-refractivity contribution in [2.45, 2.75) is 50.2 Å². The number of nitrogens with zero attached hydrogens (tertiary/aromatic N) is 2. The minimum absolute atomic E-state index is 0. The van der Waals surface area contributed by atoms with E-state index in [1.54, 1.807) is 7.11 Å². The lowest BCUT2D eigenvalue weighted by atomic mass is 9.87. The Bertz CT molecular complexity index is 1150. The van der Waals surface area contributed by atoms with Crippen LogP contribution in [0.3, 0.4) is 0 Å². The minimum Gasteiger partial charge on any atom is -0.497 e. The number of rotatable bonds is 9. The molecule has 0 aromatic heterocycles. The molecule has 4 amide bonds. The lowest BCUT2D eigenvalue weighted by molar-refractivity contribution is -0.133. The number of benzene rings is 2. The van der Waals surface area contributed by atoms with Crippen molar-refractivity contribution < 1.29 is 23.9 Å². The molecule has 10 heteroatoms. The summed E-state index contributed by atoms with van der Waals surface area (Å²) >= 11 is 0. The third kappa shape index (κ3) is 6.77. The summed E-state index contributed by atoms with van der Waals surface area (Å²) in [4.78, 5) is 42.8. The molecule has 216 valence electrons. The van der Waals surface area contributed by atoms with E-state index in [1.165, 1.54) is 4.90 Å². The molecule has 0 aliphatic carbocycles. The van der Waals surface area contributed by atoms with Gasteiger partial charge >= 0.3 is 6.03 Å². The monoisotopic (exact) mass is 570 g/mol. The number of halogens is 1. The topological polar surface area (TPSA) is 100 Å². The predicted octanol–water partition coefficient (Wildman–Crippen LogP) is 3.68. The van der Waals surface area contributed by atoms with Crippen molar-refractivity contribution in [2.75, 3.05) is 40.0 Å². The molecule has 2 aromatic rings. The van der Waals surface area contributed by atoms with Gasteiger partial charge in [0.2, 0.25) is 5.91 Å². The zero-order valence-corrected chi connectivity index (χ0v) is 23.8. The summed E-state index contributed by atoms with van der Waals surface area (Å²) < 4.78 is 10.6. The van der Waals surface area contributed by atoms with Gasteiger partial charge in [-0.1, -0.05) is 42.5 Å². The van der Waals surface area contributed by atoms with E-state index >= 15 is 0 Å². The molecule has 3 saturated heterocycles. The number of imide groups is 1. The highest BCUT2D eigenvalue weighted by Crippen LogP contribution is 2.31. The van der Waals surface area contributed by atoms with Crippen LogP contribution in [0.4, 0.5) is 4.79 Å². The SMILES string of the molecule is COc1ccc(CN2C(=O)NC3(CCN(CC[C@H](NC(=O)C4CCOCC4)c4ccccc4)CC3)C2=O)cc1.Cl. The molecule has 3 aliphatic heterocycles. The molecule has 0 bridgehead atoms. The first-order valence-corrected chi connectivity index (χ1v) is 13.9. The van der Waals surface area contributed by atoms with Gasteiger partial charge in [0.05, 0.1) is 19.7 Å². The summed E-state index contributed by atoms with van der Waals surface area (Å²) in [5.41, 5.74) is 1.14. The number of nitrogens with one attached hydrogen (secondary N) is 2. The van der Waals surface area contributed by atoms with Gasteiger partial charge in [-0.25, -0.2) is 4.79 Å². The van der Waals surface area contributed by atoms with Crippen molar-refractivity contribution in [3.63, 3.8) is 0 Å². The van der Waals surface area contributed by atoms with Crippen molar-refractivity contribution in [2.24, 2.45) is 5.92 Å². The predicted molar refractivity (Wildman–Crippen MR) is 153 cm³/mol. The van der Waals surface area contributed by atoms with Crippen LogP contribution in [0.15, 0.2) is 54.6 Å². The minimum atomic E-state index is -0.837. The zero-order chi connectivity index (χ0) is 27.2. The normalized spacial score (nSPS) is 20.1. The van der Waals surface area contributed by atoms with Crippen LogP contribution in [-0.2, 0) is 20.9 Å². The Hall–Kier alpha value is -3.14. The van der Waals surface area contributed by atoms with Crippen LogP contribution in [0.1, 0.15) is 49.3 Å². The van der Waals surface area contributed by atoms with Gasteiger partial charge < -0.3 is 25.0 Å². The van der Waals surface area contributed by atoms with Crippen molar-refractivity contribution in [1.29, 1.82) is 0 Å². The van der Waals surface area contributed by atoms with E-state index < -0.39 is 5.54 Å². The fourth-order valence-electron chi connectivity index (χ4n) is 5.80. The van der Waals surface area contributed by atoms with E-state index in [0.717, 1.165) is 42.7 Å². The number of piperidine rings is 1. The average Bonchev–Trinajstić information content (AvgIpc) is 3.21. The Labute approximate surface area is 242 Å². The molecule has 5 rings (SSSR count). The van der Waals surface area contributed by atoms with E-state index in [2.05, 4.69) is 27.7 Å². The number of urea groups is 1. The summed E-state index contributed by atoms with van der Waals surface area (Å²) in [6.45, 7) is 3.72. The van der Waals surface area contributed by atoms with E-state index in [0.29, 0.717) is 39.1 Å². The molecule has 3 heterocycles. The summed E-state index contributed by atoms with van der Waals surface area (Å²) in [6, 6.07) is 17.1. The van der Waals surface area contributed by atoms with Gasteiger partial charge in [-0.2, -0.15) is 0 Å². The molecule has 0 unspecified atom stereocenters. The highest BCUT2D eigenvalue weighted by Gasteiger charge is 2.52. The molecule has 1 spiro atoms. The average molecular weight is 571 g/mol. The molecule has 1 atom stereocenters. The second-order valence-corrected chi connectivity index (χ2v) is 10.7. The summed E-state index contributed by atoms with van der Waals surface area (Å²) in [5, 5.41) is 6.30. The largest absolute Gasteiger partial charge is 0.497 e. The number of amides is 4. The first kappa shape index (κ1) is 29.8. The molecule has 40 heavy (non-hydrogen) atoms. The van der Waals surface area contributed by atoms with Crippen LogP contribution in [0.25, 0.3) is 0 Å². The van der Waals surface area contributed by atoms with E-state index in [9.17, 15) is 14.4 Å². The Morgan fingerprint density at radius 3 is 2.40 bits per heavy atom. The molecule has 9 nitrogen and oxygen atoms in total. The van der Waals surface area contributed by atoms with Crippen LogP contribution in [-0.4, -0.2) is 73.1 Å². The lowest BCUT2D eigenvalue weighted by Gasteiger charge is -2.38. The van der Waals surface area contributed by atoms with Gasteiger partial charge in [0.25, 0.3) is 5.91 Å². The van der Waals surface area contributed by atoms with Crippen LogP contribution in [0.5, 0.6) is 5.75 Å². The summed E-state index contributed by atoms with van der Waals surface area (Å²) in [6.07, 6.45) is 3.44. The van der Waals surface area contributed by atoms with Crippen molar-refractivity contribution in [3.05, 3.63) is 65.7 Å². The smallest absolute Gasteiger partial charge is 0.325 e. The Morgan fingerprint density at radius 2 is 1.75 bits per heavy atom. The number of hydrogen-bond donors (Lipinski definition) is 2. The molecule has 2 aromatic carbocycles. The van der Waals surface area contributed by atoms with Gasteiger partial charge in [-0.3, -0.25) is 14.5 Å². The fourth-order valence-corrected chi connectivity index (χ4v) is 5.80. The van der Waals surface area contributed by atoms with Gasteiger partial charge in [-0.05, 0) is 55.4 Å². The number of likely N-dealkylation sites (tertiary alicyclic amines) is 1. The molecule has 3 fully saturated rings. The van der Waals surface area contributed by atoms with E-state index in [4.69, 9.17) is 9.47 Å². The van der Waals surface area contributed by atoms with Crippen molar-refractivity contribution >= 4 is 30.3 Å². The Morgan fingerprint density at radius 1 is 1.07 bits per heavy atom. The molecule has 2 N–H and O–H groups in total. The maximum Gasteiger partial charge on any atom is 0.325 e. The zero-order valence-electron chi connectivity index (χ0n) is 23.0. The van der Waals surface area contributed by atoms with Crippen LogP contribution >= 0.6 is 12.4 Å². The highest BCUT2D eigenvalue weighted by molar-refractivity contribution is 6.07. The third-order valence-electron chi connectivity index (χ3n) is 8.30. The van der Waals surface area contributed by atoms with Gasteiger partial charge in [0.15, 0.2) is 0 Å². The maximum absolute atomic E-state index is 13.4. The fraction of sp³-hybridized carbons (Fsp3) is 0.500. The number of carbonyl (C=O) groups excluding carboxylic acids is 3. The highest BCUT2D eigenvalue weighted by atomic mass is 35.5. The maximum atomic E-state index is 13.4. The number of methoxy groups -OCH3 is 1. The number of hydrogen-bond acceptors (Lipinski definition) is 6. The Kier molecular flexibility index (Phi) is 10.1. The lowest BCUT2D eigenvalue weighted by Crippen LogP contribution is -2.55. The molecule has 3 aliphatic rings. The van der Waals surface area contributed by atoms with Crippen molar-refractivity contribution in [3.8, 4) is 5.75 Å². The van der Waals surface area contributed by atoms with E-state index in [-0.39, 0.29) is 48.8 Å². The van der Waals surface area contributed by atoms with Crippen LogP contribution in [0.2, 0.25) is 0 Å². The first-order chi connectivity index (χ1) is 19.0. The molecular formula is C30H39ClN4O5. The van der Waals surface area contributed by atoms with E-state index in [1.807, 2.05) is 42.5 Å². The van der Waals surface area contributed by atoms with Crippen LogP contribution in [0, 0.1) is 5.92 Å². The van der Waals surface area contributed by atoms with Crippen LogP contribution < -0.4 is 15.4 Å². The number of carbonyl (C=O) groups is 3. The summed E-state index contributed by atoms with van der Waals surface area (Å²) in [7, 11) is 1.60. The molecule has 0 saturated carbocycles. The van der Waals surface area contributed by atoms with Gasteiger partial charge in [0, 0.05) is 38.8 Å².